The Hall–Kier alpha value is -0.530. The highest BCUT2D eigenvalue weighted by atomic mass is 127. The standard InChI is InChI=1S/C7H5IN2O7S2.BrH/c1-17-6-3(10-9)2-4(18(11,12)13)5(8)7(6)19(14,15)16;/h2H,1H3,(H-,11,12,13,14,15,16);1H. The Bertz CT molecular complexity index is 784. The lowest BCUT2D eigenvalue weighted by Gasteiger charge is -2.08. The highest BCUT2D eigenvalue weighted by Gasteiger charge is 2.35. The third-order valence-corrected chi connectivity index (χ3v) is 5.61. The van der Waals surface area contributed by atoms with E-state index in [1.165, 1.54) is 22.6 Å². The maximum absolute atomic E-state index is 11.3. The number of methoxy groups -OCH3 is 1. The smallest absolute Gasteiger partial charge is 0.429 e. The molecular weight excluding hydrogens is 495 g/mol. The molecule has 0 amide bonds. The van der Waals surface area contributed by atoms with Crippen LogP contribution in [0.1, 0.15) is 0 Å². The molecule has 9 nitrogen and oxygen atoms in total. The molecule has 0 unspecified atom stereocenters. The van der Waals surface area contributed by atoms with Gasteiger partial charge in [0.2, 0.25) is 11.1 Å². The molecule has 0 aromatic heterocycles. The molecule has 0 aliphatic carbocycles. The largest absolute Gasteiger partial charge is 1.00 e. The van der Waals surface area contributed by atoms with Crippen LogP contribution in [-0.4, -0.2) is 33.1 Å². The van der Waals surface area contributed by atoms with Crippen molar-refractivity contribution in [3.05, 3.63) is 14.6 Å². The molecule has 1 aromatic carbocycles. The zero-order valence-corrected chi connectivity index (χ0v) is 14.9. The molecule has 0 saturated heterocycles. The summed E-state index contributed by atoms with van der Waals surface area (Å²) in [4.78, 5) is 0.895. The lowest BCUT2D eigenvalue weighted by atomic mass is 10.3. The fraction of sp³-hybridized carbons (Fsp3) is 0.143. The normalized spacial score (nSPS) is 11.3. The molecule has 0 atom stereocenters. The fourth-order valence-electron chi connectivity index (χ4n) is 1.27. The molecule has 20 heavy (non-hydrogen) atoms. The first kappa shape index (κ1) is 19.5. The summed E-state index contributed by atoms with van der Waals surface area (Å²) in [6, 6.07) is 0.699. The monoisotopic (exact) mass is 500 g/mol. The van der Waals surface area contributed by atoms with E-state index in [9.17, 15) is 16.8 Å². The lowest BCUT2D eigenvalue weighted by molar-refractivity contribution is -0.0000127. The van der Waals surface area contributed by atoms with E-state index in [0.29, 0.717) is 6.07 Å². The van der Waals surface area contributed by atoms with Gasteiger partial charge in [-0.15, -0.1) is 0 Å². The molecule has 13 heteroatoms. The maximum Gasteiger partial charge on any atom is 0.429 e. The highest BCUT2D eigenvalue weighted by Crippen LogP contribution is 2.41. The first-order valence-electron chi connectivity index (χ1n) is 4.24. The fourth-order valence-corrected chi connectivity index (χ4v) is 4.75. The van der Waals surface area contributed by atoms with Gasteiger partial charge in [0.1, 0.15) is 4.90 Å². The zero-order chi connectivity index (χ0) is 15.0. The molecule has 0 aliphatic heterocycles. The molecule has 112 valence electrons. The van der Waals surface area contributed by atoms with Crippen LogP contribution >= 0.6 is 22.6 Å². The van der Waals surface area contributed by atoms with Gasteiger partial charge in [-0.2, -0.15) is 16.8 Å². The number of hydrogen-bond acceptors (Lipinski definition) is 6. The van der Waals surface area contributed by atoms with Crippen LogP contribution in [0.15, 0.2) is 15.9 Å². The molecular formula is C7H6BrIN2O7S2. The molecule has 1 aromatic rings. The number of hydrogen-bond donors (Lipinski definition) is 2. The second-order valence-electron chi connectivity index (χ2n) is 3.12. The SMILES string of the molecule is COc1c([N+]#N)cc(S(=O)(=O)O)c(I)c1S(=O)(=O)O.[Br-]. The summed E-state index contributed by atoms with van der Waals surface area (Å²) in [6.45, 7) is 0. The van der Waals surface area contributed by atoms with Gasteiger partial charge < -0.3 is 21.7 Å². The van der Waals surface area contributed by atoms with Crippen molar-refractivity contribution in [1.82, 2.24) is 0 Å². The summed E-state index contributed by atoms with van der Waals surface area (Å²) in [5, 5.41) is 8.71. The first-order chi connectivity index (χ1) is 8.54. The molecule has 0 radical (unpaired) electrons. The molecule has 1 rings (SSSR count). The third kappa shape index (κ3) is 3.77. The number of benzene rings is 1. The van der Waals surface area contributed by atoms with Gasteiger partial charge in [-0.3, -0.25) is 9.11 Å². The van der Waals surface area contributed by atoms with Crippen LogP contribution in [0.25, 0.3) is 4.98 Å². The highest BCUT2D eigenvalue weighted by molar-refractivity contribution is 14.1. The van der Waals surface area contributed by atoms with Gasteiger partial charge in [0, 0.05) is 0 Å². The Morgan fingerprint density at radius 1 is 1.25 bits per heavy atom. The number of ether oxygens (including phenoxy) is 1. The van der Waals surface area contributed by atoms with Gasteiger partial charge in [-0.1, -0.05) is 0 Å². The van der Waals surface area contributed by atoms with Crippen LogP contribution in [0.5, 0.6) is 5.75 Å². The summed E-state index contributed by atoms with van der Waals surface area (Å²) in [5.41, 5.74) is -0.580. The Morgan fingerprint density at radius 3 is 2.05 bits per heavy atom. The molecule has 0 heterocycles. The van der Waals surface area contributed by atoms with Gasteiger partial charge in [-0.05, 0) is 22.6 Å². The van der Waals surface area contributed by atoms with Crippen molar-refractivity contribution in [2.75, 3.05) is 7.11 Å². The molecule has 0 aliphatic rings. The van der Waals surface area contributed by atoms with Crippen LogP contribution in [-0.2, 0) is 20.2 Å². The molecule has 0 bridgehead atoms. The predicted molar refractivity (Wildman–Crippen MR) is 70.1 cm³/mol. The second-order valence-corrected chi connectivity index (χ2v) is 6.95. The minimum Gasteiger partial charge on any atom is -1.00 e. The summed E-state index contributed by atoms with van der Waals surface area (Å²) in [6.07, 6.45) is 0. The van der Waals surface area contributed by atoms with Gasteiger partial charge in [0.05, 0.1) is 16.7 Å². The Labute approximate surface area is 138 Å². The van der Waals surface area contributed by atoms with E-state index < -0.39 is 45.0 Å². The van der Waals surface area contributed by atoms with E-state index in [0.717, 1.165) is 7.11 Å². The predicted octanol–water partition coefficient (Wildman–Crippen LogP) is -1.72. The van der Waals surface area contributed by atoms with Crippen molar-refractivity contribution in [2.24, 2.45) is 0 Å². The minimum absolute atomic E-state index is 0. The molecule has 2 N–H and O–H groups in total. The van der Waals surface area contributed by atoms with E-state index in [-0.39, 0.29) is 17.0 Å². The van der Waals surface area contributed by atoms with E-state index in [1.807, 2.05) is 0 Å². The van der Waals surface area contributed by atoms with E-state index in [1.54, 1.807) is 0 Å². The van der Waals surface area contributed by atoms with Crippen LogP contribution in [0.3, 0.4) is 0 Å². The molecule has 0 saturated carbocycles. The lowest BCUT2D eigenvalue weighted by Crippen LogP contribution is -3.00. The molecule has 0 spiro atoms. The zero-order valence-electron chi connectivity index (χ0n) is 9.48. The number of halogens is 2. The Morgan fingerprint density at radius 2 is 1.75 bits per heavy atom. The van der Waals surface area contributed by atoms with Gasteiger partial charge >= 0.3 is 5.69 Å². The van der Waals surface area contributed by atoms with E-state index >= 15 is 0 Å². The topological polar surface area (TPSA) is 146 Å². The van der Waals surface area contributed by atoms with Crippen molar-refractivity contribution in [3.63, 3.8) is 0 Å². The van der Waals surface area contributed by atoms with Crippen LogP contribution < -0.4 is 21.7 Å². The van der Waals surface area contributed by atoms with Crippen molar-refractivity contribution in [3.8, 4) is 5.75 Å². The van der Waals surface area contributed by atoms with Gasteiger partial charge in [-0.25, -0.2) is 0 Å². The summed E-state index contributed by atoms with van der Waals surface area (Å²) >= 11 is 1.29. The average molecular weight is 501 g/mol. The third-order valence-electron chi connectivity index (χ3n) is 1.97. The minimum atomic E-state index is -4.87. The number of nitrogens with zero attached hydrogens (tertiary/aromatic N) is 2. The van der Waals surface area contributed by atoms with Crippen molar-refractivity contribution < 1.29 is 47.7 Å². The van der Waals surface area contributed by atoms with Crippen LogP contribution in [0.4, 0.5) is 5.69 Å². The van der Waals surface area contributed by atoms with Crippen LogP contribution in [0, 0.1) is 8.96 Å². The van der Waals surface area contributed by atoms with Crippen molar-refractivity contribution >= 4 is 48.5 Å². The average Bonchev–Trinajstić information content (AvgIpc) is 2.24. The molecule has 0 fully saturated rings. The van der Waals surface area contributed by atoms with E-state index in [2.05, 4.69) is 9.71 Å². The Balaban J connectivity index is 0.00000361. The first-order valence-corrected chi connectivity index (χ1v) is 8.20. The number of rotatable bonds is 3. The summed E-state index contributed by atoms with van der Waals surface area (Å²) in [5.74, 6) is -0.554. The number of diazo groups is 1. The quantitative estimate of drug-likeness (QED) is 0.283. The maximum atomic E-state index is 11.3. The van der Waals surface area contributed by atoms with Gasteiger partial charge in [0.15, 0.2) is 9.87 Å². The van der Waals surface area contributed by atoms with Crippen LogP contribution in [0.2, 0.25) is 0 Å². The van der Waals surface area contributed by atoms with Gasteiger partial charge in [0.25, 0.3) is 20.2 Å². The second kappa shape index (κ2) is 6.49. The van der Waals surface area contributed by atoms with E-state index in [4.69, 9.17) is 14.5 Å². The Kier molecular flexibility index (Phi) is 6.32. The summed E-state index contributed by atoms with van der Waals surface area (Å²) in [7, 11) is -8.62. The van der Waals surface area contributed by atoms with Crippen molar-refractivity contribution in [1.29, 1.82) is 5.39 Å². The summed E-state index contributed by atoms with van der Waals surface area (Å²) < 4.78 is 66.9. The van der Waals surface area contributed by atoms with Crippen molar-refractivity contribution in [2.45, 2.75) is 9.79 Å².